The molecule has 2 heterocycles. The number of hydrogen-bond acceptors (Lipinski definition) is 5. The molecule has 2 aromatic carbocycles. The quantitative estimate of drug-likeness (QED) is 0.724. The highest BCUT2D eigenvalue weighted by Crippen LogP contribution is 2.36. The minimum absolute atomic E-state index is 0.118. The molecule has 154 valence electrons. The second-order valence-electron chi connectivity index (χ2n) is 7.30. The highest BCUT2D eigenvalue weighted by Gasteiger charge is 2.40. The number of carbonyl (C=O) groups is 1. The first-order chi connectivity index (χ1) is 13.9. The van der Waals surface area contributed by atoms with Crippen molar-refractivity contribution in [2.24, 2.45) is 0 Å². The Morgan fingerprint density at radius 3 is 2.41 bits per heavy atom. The summed E-state index contributed by atoms with van der Waals surface area (Å²) < 4.78 is 37.5. The molecule has 3 unspecified atom stereocenters. The topological polar surface area (TPSA) is 72.9 Å². The lowest BCUT2D eigenvalue weighted by Gasteiger charge is -2.34. The van der Waals surface area contributed by atoms with E-state index in [0.29, 0.717) is 28.6 Å². The van der Waals surface area contributed by atoms with Crippen LogP contribution in [0.4, 0.5) is 0 Å². The fraction of sp³-hybridized carbons (Fsp3) is 0.381. The van der Waals surface area contributed by atoms with Crippen LogP contribution < -0.4 is 9.47 Å². The predicted octanol–water partition coefficient (Wildman–Crippen LogP) is 3.26. The molecular weight excluding hydrogens is 414 g/mol. The van der Waals surface area contributed by atoms with Gasteiger partial charge in [0.25, 0.3) is 5.91 Å². The van der Waals surface area contributed by atoms with Gasteiger partial charge in [-0.1, -0.05) is 41.9 Å². The first-order valence-electron chi connectivity index (χ1n) is 9.54. The smallest absolute Gasteiger partial charge is 0.267 e. The number of fused-ring (bicyclic) bond motifs is 1. The molecule has 0 aromatic heterocycles. The van der Waals surface area contributed by atoms with E-state index in [1.165, 1.54) is 0 Å². The summed E-state index contributed by atoms with van der Waals surface area (Å²) in [7, 11) is -3.45. The zero-order valence-electron chi connectivity index (χ0n) is 16.0. The zero-order valence-corrected chi connectivity index (χ0v) is 17.5. The maximum Gasteiger partial charge on any atom is 0.267 e. The predicted molar refractivity (Wildman–Crippen MR) is 110 cm³/mol. The maximum atomic E-state index is 13.1. The van der Waals surface area contributed by atoms with Crippen LogP contribution in [-0.2, 0) is 14.6 Å². The molecule has 0 spiro atoms. The van der Waals surface area contributed by atoms with Gasteiger partial charge in [-0.05, 0) is 37.1 Å². The summed E-state index contributed by atoms with van der Waals surface area (Å²) >= 11 is 6.24. The average Bonchev–Trinajstić information content (AvgIpc) is 2.85. The molecule has 6 nitrogen and oxygen atoms in total. The fourth-order valence-electron chi connectivity index (χ4n) is 3.82. The third-order valence-corrected chi connectivity index (χ3v) is 7.84. The number of para-hydroxylation sites is 2. The number of amides is 1. The van der Waals surface area contributed by atoms with E-state index >= 15 is 0 Å². The van der Waals surface area contributed by atoms with Crippen LogP contribution in [0.2, 0.25) is 5.02 Å². The van der Waals surface area contributed by atoms with Crippen LogP contribution in [0.3, 0.4) is 0 Å². The van der Waals surface area contributed by atoms with Gasteiger partial charge in [0, 0.05) is 18.1 Å². The molecule has 4 rings (SSSR count). The zero-order chi connectivity index (χ0) is 20.6. The molecule has 8 heteroatoms. The van der Waals surface area contributed by atoms with Crippen molar-refractivity contribution in [2.75, 3.05) is 18.8 Å². The van der Waals surface area contributed by atoms with Gasteiger partial charge in [0.05, 0.1) is 11.0 Å². The van der Waals surface area contributed by atoms with Crippen molar-refractivity contribution in [3.63, 3.8) is 0 Å². The van der Waals surface area contributed by atoms with Crippen LogP contribution in [-0.4, -0.2) is 50.3 Å². The van der Waals surface area contributed by atoms with Gasteiger partial charge >= 0.3 is 0 Å². The van der Waals surface area contributed by atoms with Gasteiger partial charge in [-0.2, -0.15) is 0 Å². The highest BCUT2D eigenvalue weighted by atomic mass is 35.5. The minimum Gasteiger partial charge on any atom is -0.482 e. The molecule has 0 aliphatic carbocycles. The van der Waals surface area contributed by atoms with Crippen LogP contribution in [0.1, 0.15) is 24.2 Å². The molecule has 29 heavy (non-hydrogen) atoms. The van der Waals surface area contributed by atoms with Gasteiger partial charge < -0.3 is 14.4 Å². The Hall–Kier alpha value is -2.25. The molecule has 2 aliphatic heterocycles. The average molecular weight is 436 g/mol. The van der Waals surface area contributed by atoms with Crippen molar-refractivity contribution in [1.82, 2.24) is 4.90 Å². The molecule has 0 saturated carbocycles. The molecule has 2 aromatic rings. The largest absolute Gasteiger partial charge is 0.482 e. The molecule has 1 amide bonds. The van der Waals surface area contributed by atoms with Crippen molar-refractivity contribution in [2.45, 2.75) is 30.8 Å². The first-order valence-corrected chi connectivity index (χ1v) is 11.6. The monoisotopic (exact) mass is 435 g/mol. The summed E-state index contributed by atoms with van der Waals surface area (Å²) in [6.07, 6.45) is -1.00. The van der Waals surface area contributed by atoms with Crippen molar-refractivity contribution in [3.05, 3.63) is 59.1 Å². The molecule has 1 fully saturated rings. The number of ether oxygens (including phenoxy) is 2. The summed E-state index contributed by atoms with van der Waals surface area (Å²) in [6.45, 7) is 2.21. The van der Waals surface area contributed by atoms with E-state index < -0.39 is 27.3 Å². The van der Waals surface area contributed by atoms with E-state index in [2.05, 4.69) is 0 Å². The third-order valence-electron chi connectivity index (χ3n) is 5.39. The van der Waals surface area contributed by atoms with Crippen LogP contribution in [0, 0.1) is 0 Å². The number of carbonyl (C=O) groups excluding carboxylic acids is 1. The SMILES string of the molecule is CC1Oc2ccccc2OC1C(=O)N1CCC(c2ccccc2Cl)S(=O)(=O)CC1. The van der Waals surface area contributed by atoms with Gasteiger partial charge in [-0.15, -0.1) is 0 Å². The summed E-state index contributed by atoms with van der Waals surface area (Å²) in [4.78, 5) is 14.7. The van der Waals surface area contributed by atoms with Crippen LogP contribution in [0.25, 0.3) is 0 Å². The van der Waals surface area contributed by atoms with Gasteiger partial charge in [0.15, 0.2) is 21.3 Å². The Bertz CT molecular complexity index is 1030. The Kier molecular flexibility index (Phi) is 5.44. The first kappa shape index (κ1) is 20.0. The summed E-state index contributed by atoms with van der Waals surface area (Å²) in [5.41, 5.74) is 0.586. The van der Waals surface area contributed by atoms with Crippen LogP contribution in [0.5, 0.6) is 11.5 Å². The Morgan fingerprint density at radius 1 is 1.03 bits per heavy atom. The Labute approximate surface area is 175 Å². The Morgan fingerprint density at radius 2 is 1.69 bits per heavy atom. The fourth-order valence-corrected chi connectivity index (χ4v) is 5.97. The van der Waals surface area contributed by atoms with Gasteiger partial charge in [0.2, 0.25) is 6.10 Å². The number of sulfone groups is 1. The number of nitrogens with zero attached hydrogens (tertiary/aromatic N) is 1. The number of hydrogen-bond donors (Lipinski definition) is 0. The Balaban J connectivity index is 1.54. The van der Waals surface area contributed by atoms with Gasteiger partial charge in [-0.25, -0.2) is 8.42 Å². The van der Waals surface area contributed by atoms with E-state index in [1.807, 2.05) is 12.1 Å². The molecule has 0 N–H and O–H groups in total. The van der Waals surface area contributed by atoms with Crippen molar-refractivity contribution >= 4 is 27.3 Å². The molecule has 0 radical (unpaired) electrons. The lowest BCUT2D eigenvalue weighted by Crippen LogP contribution is -2.51. The molecule has 1 saturated heterocycles. The highest BCUT2D eigenvalue weighted by molar-refractivity contribution is 7.91. The molecule has 2 aliphatic rings. The second kappa shape index (κ2) is 7.88. The van der Waals surface area contributed by atoms with Gasteiger partial charge in [-0.3, -0.25) is 4.79 Å². The maximum absolute atomic E-state index is 13.1. The molecule has 3 atom stereocenters. The molecular formula is C21H22ClNO5S. The molecule has 0 bridgehead atoms. The minimum atomic E-state index is -3.45. The summed E-state index contributed by atoms with van der Waals surface area (Å²) in [6, 6.07) is 14.2. The van der Waals surface area contributed by atoms with Crippen LogP contribution in [0.15, 0.2) is 48.5 Å². The lowest BCUT2D eigenvalue weighted by atomic mass is 10.1. The standard InChI is InChI=1S/C21H22ClNO5S/c1-14-20(28-18-9-5-4-8-17(18)27-14)21(24)23-11-10-19(29(25,26)13-12-23)15-6-2-3-7-16(15)22/h2-9,14,19-20H,10-13H2,1H3. The normalized spacial score (nSPS) is 25.9. The lowest BCUT2D eigenvalue weighted by molar-refractivity contribution is -0.144. The van der Waals surface area contributed by atoms with Crippen LogP contribution >= 0.6 is 11.6 Å². The third kappa shape index (κ3) is 3.94. The van der Waals surface area contributed by atoms with E-state index in [-0.39, 0.29) is 24.6 Å². The number of benzene rings is 2. The van der Waals surface area contributed by atoms with E-state index in [4.69, 9.17) is 21.1 Å². The van der Waals surface area contributed by atoms with E-state index in [0.717, 1.165) is 0 Å². The second-order valence-corrected chi connectivity index (χ2v) is 10.0. The van der Waals surface area contributed by atoms with Crippen molar-refractivity contribution < 1.29 is 22.7 Å². The van der Waals surface area contributed by atoms with Crippen molar-refractivity contribution in [3.8, 4) is 11.5 Å². The summed E-state index contributed by atoms with van der Waals surface area (Å²) in [5, 5.41) is -0.300. The van der Waals surface area contributed by atoms with Gasteiger partial charge in [0.1, 0.15) is 6.10 Å². The van der Waals surface area contributed by atoms with E-state index in [1.54, 1.807) is 48.2 Å². The summed E-state index contributed by atoms with van der Waals surface area (Å²) in [5.74, 6) is 0.733. The number of rotatable bonds is 2. The van der Waals surface area contributed by atoms with Crippen molar-refractivity contribution in [1.29, 1.82) is 0 Å². The number of halogens is 1. The van der Waals surface area contributed by atoms with E-state index in [9.17, 15) is 13.2 Å².